The number of thiazole rings is 1. The number of nitrogens with two attached hydrogens (primary N) is 1. The number of rotatable bonds is 4. The molecule has 3 aromatic rings. The molecule has 112 valence electrons. The van der Waals surface area contributed by atoms with Gasteiger partial charge in [0, 0.05) is 29.0 Å². The van der Waals surface area contributed by atoms with E-state index in [0.29, 0.717) is 0 Å². The van der Waals surface area contributed by atoms with Gasteiger partial charge in [0.25, 0.3) is 0 Å². The van der Waals surface area contributed by atoms with Crippen molar-refractivity contribution < 1.29 is 4.39 Å². The summed E-state index contributed by atoms with van der Waals surface area (Å²) in [6, 6.07) is 10.2. The molecule has 0 amide bonds. The summed E-state index contributed by atoms with van der Waals surface area (Å²) < 4.78 is 13.0. The molecule has 1 unspecified atom stereocenters. The van der Waals surface area contributed by atoms with Crippen molar-refractivity contribution in [3.63, 3.8) is 0 Å². The maximum Gasteiger partial charge on any atom is 0.123 e. The molecule has 2 N–H and O–H groups in total. The third kappa shape index (κ3) is 2.65. The normalized spacial score (nSPS) is 13.8. The van der Waals surface area contributed by atoms with E-state index in [1.54, 1.807) is 24.5 Å². The molecule has 0 aliphatic rings. The van der Waals surface area contributed by atoms with Crippen molar-refractivity contribution in [1.29, 1.82) is 0 Å². The summed E-state index contributed by atoms with van der Waals surface area (Å²) in [7, 11) is 0. The molecular formula is C17H16FN3S. The molecule has 0 aliphatic carbocycles. The molecule has 0 fully saturated rings. The minimum absolute atomic E-state index is 0.251. The van der Waals surface area contributed by atoms with Gasteiger partial charge in [-0.1, -0.05) is 6.92 Å². The molecule has 3 rings (SSSR count). The molecule has 0 saturated heterocycles. The van der Waals surface area contributed by atoms with Crippen molar-refractivity contribution >= 4 is 11.3 Å². The molecule has 0 spiro atoms. The fraction of sp³-hybridized carbons (Fsp3) is 0.176. The lowest BCUT2D eigenvalue weighted by molar-refractivity contribution is 0.528. The lowest BCUT2D eigenvalue weighted by Gasteiger charge is -2.27. The van der Waals surface area contributed by atoms with E-state index in [4.69, 9.17) is 5.73 Å². The van der Waals surface area contributed by atoms with Gasteiger partial charge in [0.1, 0.15) is 10.8 Å². The molecule has 2 aromatic heterocycles. The summed E-state index contributed by atoms with van der Waals surface area (Å²) in [4.78, 5) is 9.49. The van der Waals surface area contributed by atoms with Gasteiger partial charge in [-0.05, 0) is 48.4 Å². The van der Waals surface area contributed by atoms with Crippen molar-refractivity contribution in [3.8, 4) is 10.6 Å². The first-order valence-corrected chi connectivity index (χ1v) is 7.87. The van der Waals surface area contributed by atoms with Crippen molar-refractivity contribution in [2.75, 3.05) is 0 Å². The number of nitrogens with zero attached hydrogens (tertiary/aromatic N) is 2. The van der Waals surface area contributed by atoms with Crippen LogP contribution in [0.1, 0.15) is 23.8 Å². The fourth-order valence-corrected chi connectivity index (χ4v) is 3.49. The highest BCUT2D eigenvalue weighted by atomic mass is 32.1. The number of benzene rings is 1. The highest BCUT2D eigenvalue weighted by molar-refractivity contribution is 7.15. The number of halogens is 1. The first kappa shape index (κ1) is 14.8. The van der Waals surface area contributed by atoms with Gasteiger partial charge in [-0.15, -0.1) is 11.3 Å². The fourth-order valence-electron chi connectivity index (χ4n) is 2.38. The van der Waals surface area contributed by atoms with Crippen LogP contribution in [0.2, 0.25) is 0 Å². The Bertz CT molecular complexity index is 755. The van der Waals surface area contributed by atoms with Gasteiger partial charge in [0.05, 0.1) is 5.54 Å². The Kier molecular flexibility index (Phi) is 4.00. The zero-order chi connectivity index (χ0) is 15.6. The van der Waals surface area contributed by atoms with Gasteiger partial charge < -0.3 is 5.73 Å². The molecule has 1 aromatic carbocycles. The van der Waals surface area contributed by atoms with Crippen LogP contribution in [0.5, 0.6) is 0 Å². The van der Waals surface area contributed by atoms with Crippen molar-refractivity contribution in [3.05, 3.63) is 71.2 Å². The molecule has 5 heteroatoms. The molecular weight excluding hydrogens is 297 g/mol. The van der Waals surface area contributed by atoms with Gasteiger partial charge in [-0.25, -0.2) is 9.37 Å². The average Bonchev–Trinajstić information content (AvgIpc) is 3.06. The van der Waals surface area contributed by atoms with Crippen LogP contribution >= 0.6 is 11.3 Å². The van der Waals surface area contributed by atoms with Crippen LogP contribution in [0, 0.1) is 5.82 Å². The van der Waals surface area contributed by atoms with E-state index in [-0.39, 0.29) is 5.82 Å². The largest absolute Gasteiger partial charge is 0.317 e. The zero-order valence-electron chi connectivity index (χ0n) is 12.2. The Hall–Kier alpha value is -2.11. The van der Waals surface area contributed by atoms with E-state index in [1.807, 2.05) is 18.3 Å². The number of hydrogen-bond acceptors (Lipinski definition) is 4. The van der Waals surface area contributed by atoms with E-state index in [1.165, 1.54) is 23.5 Å². The molecule has 1 atom stereocenters. The highest BCUT2D eigenvalue weighted by Gasteiger charge is 2.30. The summed E-state index contributed by atoms with van der Waals surface area (Å²) in [5.41, 5.74) is 7.96. The number of aromatic nitrogens is 2. The first-order valence-electron chi connectivity index (χ1n) is 7.05. The predicted molar refractivity (Wildman–Crippen MR) is 87.0 cm³/mol. The predicted octanol–water partition coefficient (Wildman–Crippen LogP) is 3.96. The molecule has 2 heterocycles. The minimum Gasteiger partial charge on any atom is -0.317 e. The van der Waals surface area contributed by atoms with E-state index in [2.05, 4.69) is 16.9 Å². The lowest BCUT2D eigenvalue weighted by atomic mass is 9.88. The van der Waals surface area contributed by atoms with Crippen LogP contribution in [-0.4, -0.2) is 9.97 Å². The monoisotopic (exact) mass is 313 g/mol. The van der Waals surface area contributed by atoms with Crippen LogP contribution in [0.25, 0.3) is 10.6 Å². The second-order valence-corrected chi connectivity index (χ2v) is 6.13. The van der Waals surface area contributed by atoms with E-state index in [0.717, 1.165) is 27.4 Å². The maximum atomic E-state index is 13.0. The van der Waals surface area contributed by atoms with Crippen LogP contribution in [-0.2, 0) is 5.54 Å². The molecule has 0 radical (unpaired) electrons. The molecule has 0 bridgehead atoms. The molecule has 0 saturated carbocycles. The third-order valence-electron chi connectivity index (χ3n) is 3.79. The second kappa shape index (κ2) is 5.94. The Morgan fingerprint density at radius 1 is 1.14 bits per heavy atom. The van der Waals surface area contributed by atoms with E-state index >= 15 is 0 Å². The number of hydrogen-bond donors (Lipinski definition) is 1. The Morgan fingerprint density at radius 2 is 1.82 bits per heavy atom. The summed E-state index contributed by atoms with van der Waals surface area (Å²) in [5.74, 6) is -0.251. The van der Waals surface area contributed by atoms with Crippen LogP contribution < -0.4 is 5.73 Å². The first-order chi connectivity index (χ1) is 10.6. The summed E-state index contributed by atoms with van der Waals surface area (Å²) in [5, 5.41) is 0.840. The topological polar surface area (TPSA) is 51.8 Å². The van der Waals surface area contributed by atoms with Gasteiger partial charge in [0.2, 0.25) is 0 Å². The Morgan fingerprint density at radius 3 is 2.45 bits per heavy atom. The third-order valence-corrected chi connectivity index (χ3v) is 5.01. The molecule has 0 aliphatic heterocycles. The molecule has 22 heavy (non-hydrogen) atoms. The van der Waals surface area contributed by atoms with Crippen molar-refractivity contribution in [2.24, 2.45) is 5.73 Å². The van der Waals surface area contributed by atoms with Crippen LogP contribution in [0.15, 0.2) is 55.0 Å². The van der Waals surface area contributed by atoms with Crippen molar-refractivity contribution in [1.82, 2.24) is 9.97 Å². The van der Waals surface area contributed by atoms with Gasteiger partial charge in [0.15, 0.2) is 0 Å². The SMILES string of the molecule is CCC(N)(c1ccncc1)c1cnc(-c2ccc(F)cc2)s1. The number of pyridine rings is 1. The van der Waals surface area contributed by atoms with Crippen molar-refractivity contribution in [2.45, 2.75) is 18.9 Å². The summed E-state index contributed by atoms with van der Waals surface area (Å²) in [6.45, 7) is 2.05. The van der Waals surface area contributed by atoms with E-state index < -0.39 is 5.54 Å². The maximum absolute atomic E-state index is 13.0. The Labute approximate surface area is 132 Å². The zero-order valence-corrected chi connectivity index (χ0v) is 13.0. The average molecular weight is 313 g/mol. The summed E-state index contributed by atoms with van der Waals surface area (Å²) >= 11 is 1.54. The summed E-state index contributed by atoms with van der Waals surface area (Å²) in [6.07, 6.45) is 6.05. The quantitative estimate of drug-likeness (QED) is 0.793. The Balaban J connectivity index is 2.00. The van der Waals surface area contributed by atoms with Crippen LogP contribution in [0.4, 0.5) is 4.39 Å². The smallest absolute Gasteiger partial charge is 0.123 e. The molecule has 3 nitrogen and oxygen atoms in total. The highest BCUT2D eigenvalue weighted by Crippen LogP contribution is 2.36. The van der Waals surface area contributed by atoms with Crippen LogP contribution in [0.3, 0.4) is 0 Å². The lowest BCUT2D eigenvalue weighted by Crippen LogP contribution is -2.36. The van der Waals surface area contributed by atoms with E-state index in [9.17, 15) is 4.39 Å². The van der Waals surface area contributed by atoms with Gasteiger partial charge >= 0.3 is 0 Å². The standard InChI is InChI=1S/C17H16FN3S/c1-2-17(19,13-7-9-20-10-8-13)15-11-21-16(22-15)12-3-5-14(18)6-4-12/h3-11H,2,19H2,1H3. The minimum atomic E-state index is -0.584. The van der Waals surface area contributed by atoms with Gasteiger partial charge in [-0.3, -0.25) is 4.98 Å². The van der Waals surface area contributed by atoms with Gasteiger partial charge in [-0.2, -0.15) is 0 Å². The second-order valence-electron chi connectivity index (χ2n) is 5.10.